The number of rotatable bonds is 5. The van der Waals surface area contributed by atoms with Crippen molar-refractivity contribution in [2.75, 3.05) is 18.5 Å². The summed E-state index contributed by atoms with van der Waals surface area (Å²) in [6, 6.07) is 3.91. The summed E-state index contributed by atoms with van der Waals surface area (Å²) in [7, 11) is 0. The SMILES string of the molecule is O=C(Nc1ccc([N+](=O)[O-])cc1)NC(CO)CO. The van der Waals surface area contributed by atoms with Gasteiger partial charge in [-0.25, -0.2) is 4.79 Å². The molecule has 0 aliphatic carbocycles. The molecule has 0 saturated heterocycles. The first-order valence-corrected chi connectivity index (χ1v) is 5.10. The number of nitrogens with zero attached hydrogens (tertiary/aromatic N) is 1. The highest BCUT2D eigenvalue weighted by atomic mass is 16.6. The van der Waals surface area contributed by atoms with E-state index in [1.54, 1.807) is 0 Å². The zero-order valence-electron chi connectivity index (χ0n) is 9.37. The molecule has 0 heterocycles. The summed E-state index contributed by atoms with van der Waals surface area (Å²) in [5.41, 5.74) is 0.289. The summed E-state index contributed by atoms with van der Waals surface area (Å²) in [4.78, 5) is 21.2. The van der Waals surface area contributed by atoms with Crippen molar-refractivity contribution in [1.82, 2.24) is 5.32 Å². The van der Waals surface area contributed by atoms with Gasteiger partial charge in [-0.2, -0.15) is 0 Å². The van der Waals surface area contributed by atoms with E-state index in [2.05, 4.69) is 10.6 Å². The van der Waals surface area contributed by atoms with Crippen molar-refractivity contribution in [2.24, 2.45) is 0 Å². The Labute approximate surface area is 102 Å². The van der Waals surface area contributed by atoms with Gasteiger partial charge in [-0.1, -0.05) is 0 Å². The van der Waals surface area contributed by atoms with E-state index in [9.17, 15) is 14.9 Å². The number of nitro benzene ring substituents is 1. The molecular weight excluding hydrogens is 242 g/mol. The van der Waals surface area contributed by atoms with E-state index < -0.39 is 17.0 Å². The van der Waals surface area contributed by atoms with Gasteiger partial charge < -0.3 is 20.8 Å². The van der Waals surface area contributed by atoms with Crippen molar-refractivity contribution in [3.05, 3.63) is 34.4 Å². The summed E-state index contributed by atoms with van der Waals surface area (Å²) in [6.45, 7) is -0.769. The Morgan fingerprint density at radius 2 is 1.83 bits per heavy atom. The molecule has 8 nitrogen and oxygen atoms in total. The predicted octanol–water partition coefficient (Wildman–Crippen LogP) is 0.0695. The largest absolute Gasteiger partial charge is 0.394 e. The minimum Gasteiger partial charge on any atom is -0.394 e. The number of non-ortho nitro benzene ring substituents is 1. The summed E-state index contributed by atoms with van der Waals surface area (Å²) < 4.78 is 0. The Bertz CT molecular complexity index is 416. The van der Waals surface area contributed by atoms with Gasteiger partial charge in [0.2, 0.25) is 0 Å². The number of urea groups is 1. The number of aliphatic hydroxyl groups excluding tert-OH is 2. The lowest BCUT2D eigenvalue weighted by Crippen LogP contribution is -2.42. The molecule has 1 aromatic rings. The average Bonchev–Trinajstić information content (AvgIpc) is 2.36. The minimum atomic E-state index is -0.747. The predicted molar refractivity (Wildman–Crippen MR) is 63.2 cm³/mol. The highest BCUT2D eigenvalue weighted by Gasteiger charge is 2.10. The molecule has 18 heavy (non-hydrogen) atoms. The summed E-state index contributed by atoms with van der Waals surface area (Å²) in [6.07, 6.45) is 0. The number of amides is 2. The third kappa shape index (κ3) is 4.00. The number of hydrogen-bond donors (Lipinski definition) is 4. The van der Waals surface area contributed by atoms with E-state index >= 15 is 0 Å². The van der Waals surface area contributed by atoms with Crippen LogP contribution in [0, 0.1) is 10.1 Å². The van der Waals surface area contributed by atoms with Crippen molar-refractivity contribution >= 4 is 17.4 Å². The molecule has 1 rings (SSSR count). The molecule has 0 aliphatic rings. The van der Waals surface area contributed by atoms with Crippen LogP contribution in [0.15, 0.2) is 24.3 Å². The molecule has 0 aliphatic heterocycles. The van der Waals surface area contributed by atoms with Gasteiger partial charge in [-0.3, -0.25) is 10.1 Å². The fourth-order valence-corrected chi connectivity index (χ4v) is 1.17. The molecule has 0 bridgehead atoms. The molecule has 0 radical (unpaired) electrons. The first-order chi connectivity index (χ1) is 8.56. The molecule has 1 aromatic carbocycles. The number of anilines is 1. The number of aliphatic hydroxyl groups is 2. The Morgan fingerprint density at radius 3 is 2.28 bits per heavy atom. The number of benzene rings is 1. The van der Waals surface area contributed by atoms with Crippen LogP contribution in [0.5, 0.6) is 0 Å². The van der Waals surface area contributed by atoms with Crippen LogP contribution in [0.2, 0.25) is 0 Å². The fraction of sp³-hybridized carbons (Fsp3) is 0.300. The second-order valence-corrected chi connectivity index (χ2v) is 3.46. The van der Waals surface area contributed by atoms with Gasteiger partial charge >= 0.3 is 6.03 Å². The lowest BCUT2D eigenvalue weighted by molar-refractivity contribution is -0.384. The van der Waals surface area contributed by atoms with Crippen molar-refractivity contribution in [1.29, 1.82) is 0 Å². The second kappa shape index (κ2) is 6.52. The Balaban J connectivity index is 2.56. The van der Waals surface area contributed by atoms with Crippen LogP contribution in [0.1, 0.15) is 0 Å². The highest BCUT2D eigenvalue weighted by Crippen LogP contribution is 2.15. The van der Waals surface area contributed by atoms with Gasteiger partial charge in [-0.15, -0.1) is 0 Å². The molecule has 4 N–H and O–H groups in total. The maximum atomic E-state index is 11.4. The van der Waals surface area contributed by atoms with Gasteiger partial charge in [0.25, 0.3) is 5.69 Å². The molecular formula is C10H13N3O5. The van der Waals surface area contributed by atoms with E-state index in [-0.39, 0.29) is 18.9 Å². The van der Waals surface area contributed by atoms with Crippen LogP contribution in [-0.4, -0.2) is 40.4 Å². The highest BCUT2D eigenvalue weighted by molar-refractivity contribution is 5.89. The Morgan fingerprint density at radius 1 is 1.28 bits per heavy atom. The maximum Gasteiger partial charge on any atom is 0.319 e. The molecule has 0 fully saturated rings. The smallest absolute Gasteiger partial charge is 0.319 e. The van der Waals surface area contributed by atoms with Gasteiger partial charge in [0.15, 0.2) is 0 Å². The van der Waals surface area contributed by atoms with Crippen molar-refractivity contribution < 1.29 is 19.9 Å². The van der Waals surface area contributed by atoms with Crippen LogP contribution in [0.3, 0.4) is 0 Å². The maximum absolute atomic E-state index is 11.4. The van der Waals surface area contributed by atoms with E-state index in [0.29, 0.717) is 5.69 Å². The first kappa shape index (κ1) is 13.9. The fourth-order valence-electron chi connectivity index (χ4n) is 1.17. The Hall–Kier alpha value is -2.19. The molecule has 0 saturated carbocycles. The monoisotopic (exact) mass is 255 g/mol. The van der Waals surface area contributed by atoms with Crippen LogP contribution in [0.25, 0.3) is 0 Å². The van der Waals surface area contributed by atoms with Crippen LogP contribution >= 0.6 is 0 Å². The third-order valence-corrected chi connectivity index (χ3v) is 2.11. The first-order valence-electron chi connectivity index (χ1n) is 5.10. The van der Waals surface area contributed by atoms with Gasteiger partial charge in [0, 0.05) is 17.8 Å². The van der Waals surface area contributed by atoms with Crippen molar-refractivity contribution in [2.45, 2.75) is 6.04 Å². The number of nitro groups is 1. The van der Waals surface area contributed by atoms with Gasteiger partial charge in [0.05, 0.1) is 24.2 Å². The summed E-state index contributed by atoms with van der Waals surface area (Å²) in [5.74, 6) is 0. The van der Waals surface area contributed by atoms with Crippen LogP contribution in [0.4, 0.5) is 16.2 Å². The summed E-state index contributed by atoms with van der Waals surface area (Å²) >= 11 is 0. The van der Waals surface area contributed by atoms with Gasteiger partial charge in [0.1, 0.15) is 0 Å². The number of nitrogens with one attached hydrogen (secondary N) is 2. The van der Waals surface area contributed by atoms with Gasteiger partial charge in [-0.05, 0) is 12.1 Å². The lowest BCUT2D eigenvalue weighted by atomic mass is 10.3. The molecule has 0 aromatic heterocycles. The number of carbonyl (C=O) groups is 1. The molecule has 0 atom stereocenters. The topological polar surface area (TPSA) is 125 Å². The van der Waals surface area contributed by atoms with Crippen LogP contribution < -0.4 is 10.6 Å². The molecule has 0 unspecified atom stereocenters. The Kier molecular flexibility index (Phi) is 5.03. The standard InChI is InChI=1S/C10H13N3O5/c14-5-8(6-15)12-10(16)11-7-1-3-9(4-2-7)13(17)18/h1-4,8,14-15H,5-6H2,(H2,11,12,16). The molecule has 8 heteroatoms. The quantitative estimate of drug-likeness (QED) is 0.437. The second-order valence-electron chi connectivity index (χ2n) is 3.46. The third-order valence-electron chi connectivity index (χ3n) is 2.11. The number of carbonyl (C=O) groups excluding carboxylic acids is 1. The van der Waals surface area contributed by atoms with E-state index in [1.807, 2.05) is 0 Å². The van der Waals surface area contributed by atoms with Crippen molar-refractivity contribution in [3.8, 4) is 0 Å². The van der Waals surface area contributed by atoms with E-state index in [0.717, 1.165) is 0 Å². The molecule has 98 valence electrons. The normalized spacial score (nSPS) is 10.2. The zero-order chi connectivity index (χ0) is 13.5. The average molecular weight is 255 g/mol. The van der Waals surface area contributed by atoms with E-state index in [1.165, 1.54) is 24.3 Å². The molecule has 2 amide bonds. The lowest BCUT2D eigenvalue weighted by Gasteiger charge is -2.13. The minimum absolute atomic E-state index is 0.0791. The zero-order valence-corrected chi connectivity index (χ0v) is 9.37. The number of hydrogen-bond acceptors (Lipinski definition) is 5. The van der Waals surface area contributed by atoms with E-state index in [4.69, 9.17) is 10.2 Å². The summed E-state index contributed by atoms with van der Waals surface area (Å²) in [5, 5.41) is 32.7. The van der Waals surface area contributed by atoms with Crippen molar-refractivity contribution in [3.63, 3.8) is 0 Å². The van der Waals surface area contributed by atoms with Crippen LogP contribution in [-0.2, 0) is 0 Å². The molecule has 0 spiro atoms.